The van der Waals surface area contributed by atoms with Gasteiger partial charge in [-0.15, -0.1) is 0 Å². The molecule has 1 unspecified atom stereocenters. The summed E-state index contributed by atoms with van der Waals surface area (Å²) in [4.78, 5) is 13.1. The van der Waals surface area contributed by atoms with Gasteiger partial charge in [0.25, 0.3) is 0 Å². The van der Waals surface area contributed by atoms with E-state index in [0.29, 0.717) is 6.54 Å². The van der Waals surface area contributed by atoms with Gasteiger partial charge in [-0.05, 0) is 45.3 Å². The number of imidazole rings is 1. The summed E-state index contributed by atoms with van der Waals surface area (Å²) < 4.78 is 41.9. The molecule has 1 atom stereocenters. The molecule has 0 spiro atoms. The zero-order chi connectivity index (χ0) is 22.0. The zero-order valence-electron chi connectivity index (χ0n) is 16.4. The van der Waals surface area contributed by atoms with Crippen molar-refractivity contribution in [3.05, 3.63) is 52.3 Å². The van der Waals surface area contributed by atoms with E-state index < -0.39 is 17.5 Å². The van der Waals surface area contributed by atoms with Gasteiger partial charge in [-0.1, -0.05) is 11.6 Å². The van der Waals surface area contributed by atoms with E-state index in [1.165, 1.54) is 12.1 Å². The number of aromatic nitrogens is 2. The second-order valence-corrected chi connectivity index (χ2v) is 7.41. The number of likely N-dealkylation sites (N-methyl/N-ethyl adjacent to an activating group) is 1. The van der Waals surface area contributed by atoms with Crippen LogP contribution >= 0.6 is 11.6 Å². The molecule has 0 aliphatic rings. The molecule has 0 saturated carbocycles. The van der Waals surface area contributed by atoms with Crippen molar-refractivity contribution in [1.29, 1.82) is 0 Å². The highest BCUT2D eigenvalue weighted by atomic mass is 35.5. The number of hydrogen-bond donors (Lipinski definition) is 4. The second kappa shape index (κ2) is 8.90. The van der Waals surface area contributed by atoms with Gasteiger partial charge in [0.1, 0.15) is 11.3 Å². The topological polar surface area (TPSA) is 88.6 Å². The molecule has 7 nitrogen and oxygen atoms in total. The number of nitrogens with one attached hydrogen (secondary N) is 3. The Balaban J connectivity index is 2.08. The molecule has 3 aromatic rings. The highest BCUT2D eigenvalue weighted by molar-refractivity contribution is 6.31. The lowest BCUT2D eigenvalue weighted by Gasteiger charge is -2.17. The molecule has 0 bridgehead atoms. The standard InChI is InChI=1S/C19H20ClF3N6O/c1-9(8-29(2)3)24-19-26-16-11(7-14(22)15(23)17(16)27-19)18(28-30)25-10-4-5-13(21)12(20)6-10/h4-7,9,30H,8H2,1-3H3,(H,25,28)(H2,24,26,27). The molecule has 1 heterocycles. The van der Waals surface area contributed by atoms with Gasteiger partial charge in [0.15, 0.2) is 17.5 Å². The molecule has 11 heteroatoms. The maximum Gasteiger partial charge on any atom is 0.201 e. The molecule has 30 heavy (non-hydrogen) atoms. The minimum Gasteiger partial charge on any atom is -0.352 e. The van der Waals surface area contributed by atoms with Gasteiger partial charge >= 0.3 is 0 Å². The lowest BCUT2D eigenvalue weighted by molar-refractivity contribution is 0.235. The van der Waals surface area contributed by atoms with Gasteiger partial charge in [0.05, 0.1) is 16.2 Å². The van der Waals surface area contributed by atoms with Crippen LogP contribution in [-0.2, 0) is 0 Å². The van der Waals surface area contributed by atoms with Crippen molar-refractivity contribution in [1.82, 2.24) is 20.3 Å². The fourth-order valence-electron chi connectivity index (χ4n) is 3.01. The van der Waals surface area contributed by atoms with Crippen LogP contribution in [0.25, 0.3) is 11.0 Å². The maximum atomic E-state index is 14.4. The largest absolute Gasteiger partial charge is 0.352 e. The van der Waals surface area contributed by atoms with E-state index in [2.05, 4.69) is 20.3 Å². The predicted octanol–water partition coefficient (Wildman–Crippen LogP) is 4.05. The van der Waals surface area contributed by atoms with Crippen molar-refractivity contribution in [2.75, 3.05) is 26.0 Å². The lowest BCUT2D eigenvalue weighted by Crippen LogP contribution is -2.30. The number of benzene rings is 2. The predicted molar refractivity (Wildman–Crippen MR) is 110 cm³/mol. The van der Waals surface area contributed by atoms with Crippen LogP contribution in [0, 0.1) is 17.5 Å². The van der Waals surface area contributed by atoms with Gasteiger partial charge < -0.3 is 15.2 Å². The summed E-state index contributed by atoms with van der Waals surface area (Å²) in [6.45, 7) is 2.59. The maximum absolute atomic E-state index is 14.4. The van der Waals surface area contributed by atoms with Crippen molar-refractivity contribution >= 4 is 40.1 Å². The number of anilines is 1. The van der Waals surface area contributed by atoms with Crippen molar-refractivity contribution < 1.29 is 18.4 Å². The van der Waals surface area contributed by atoms with Gasteiger partial charge in [-0.2, -0.15) is 0 Å². The molecule has 3 rings (SSSR count). The van der Waals surface area contributed by atoms with E-state index >= 15 is 0 Å². The van der Waals surface area contributed by atoms with Crippen LogP contribution in [-0.4, -0.2) is 52.6 Å². The highest BCUT2D eigenvalue weighted by Gasteiger charge is 2.20. The summed E-state index contributed by atoms with van der Waals surface area (Å²) in [6, 6.07) is 4.48. The van der Waals surface area contributed by atoms with Crippen molar-refractivity contribution in [3.8, 4) is 0 Å². The molecular weight excluding hydrogens is 421 g/mol. The third-order valence-corrected chi connectivity index (χ3v) is 4.48. The van der Waals surface area contributed by atoms with E-state index in [9.17, 15) is 18.4 Å². The Bertz CT molecular complexity index is 1100. The first-order chi connectivity index (χ1) is 14.2. The van der Waals surface area contributed by atoms with Crippen LogP contribution < -0.4 is 10.8 Å². The van der Waals surface area contributed by atoms with Gasteiger partial charge in [0, 0.05) is 18.2 Å². The number of fused-ring (bicyclic) bond motifs is 1. The normalized spacial score (nSPS) is 13.2. The lowest BCUT2D eigenvalue weighted by atomic mass is 10.1. The van der Waals surface area contributed by atoms with Crippen LogP contribution in [0.15, 0.2) is 29.3 Å². The Morgan fingerprint density at radius 1 is 1.27 bits per heavy atom. The molecule has 0 fully saturated rings. The zero-order valence-corrected chi connectivity index (χ0v) is 17.2. The Morgan fingerprint density at radius 3 is 2.63 bits per heavy atom. The molecule has 1 aromatic heterocycles. The van der Waals surface area contributed by atoms with Crippen molar-refractivity contribution in [3.63, 3.8) is 0 Å². The number of H-pyrrole nitrogens is 1. The van der Waals surface area contributed by atoms with E-state index in [1.807, 2.05) is 31.4 Å². The number of aliphatic imine (C=N–C) groups is 1. The monoisotopic (exact) mass is 440 g/mol. The van der Waals surface area contributed by atoms with Gasteiger partial charge in [-0.25, -0.2) is 23.1 Å². The smallest absolute Gasteiger partial charge is 0.201 e. The Hall–Kier alpha value is -2.82. The molecule has 0 amide bonds. The number of nitrogens with zero attached hydrogens (tertiary/aromatic N) is 3. The van der Waals surface area contributed by atoms with Gasteiger partial charge in [0.2, 0.25) is 5.95 Å². The van der Waals surface area contributed by atoms with Crippen LogP contribution in [0.2, 0.25) is 5.02 Å². The average molecular weight is 441 g/mol. The molecule has 0 radical (unpaired) electrons. The van der Waals surface area contributed by atoms with E-state index in [0.717, 1.165) is 12.1 Å². The summed E-state index contributed by atoms with van der Waals surface area (Å²) in [5.74, 6) is -2.93. The molecule has 0 aliphatic heterocycles. The Morgan fingerprint density at radius 2 is 2.00 bits per heavy atom. The SMILES string of the molecule is CC(CN(C)C)Nc1nc2c(F)c(F)cc(C(=Nc3ccc(F)c(Cl)c3)NO)c2[nH]1. The number of rotatable bonds is 6. The summed E-state index contributed by atoms with van der Waals surface area (Å²) in [5.41, 5.74) is 1.93. The molecule has 2 aromatic carbocycles. The van der Waals surface area contributed by atoms with Crippen LogP contribution in [0.3, 0.4) is 0 Å². The molecular formula is C19H20ClF3N6O. The third kappa shape index (κ3) is 4.66. The Kier molecular flexibility index (Phi) is 6.49. The minimum absolute atomic E-state index is 0.0210. The number of hydrogen-bond acceptors (Lipinski definition) is 5. The van der Waals surface area contributed by atoms with Crippen LogP contribution in [0.5, 0.6) is 0 Å². The van der Waals surface area contributed by atoms with E-state index in [4.69, 9.17) is 11.6 Å². The fraction of sp³-hybridized carbons (Fsp3) is 0.263. The first-order valence-electron chi connectivity index (χ1n) is 8.92. The highest BCUT2D eigenvalue weighted by Crippen LogP contribution is 2.27. The first-order valence-corrected chi connectivity index (χ1v) is 9.30. The third-order valence-electron chi connectivity index (χ3n) is 4.19. The molecule has 4 N–H and O–H groups in total. The number of amidine groups is 1. The first kappa shape index (κ1) is 21.9. The van der Waals surface area contributed by atoms with Crippen molar-refractivity contribution in [2.45, 2.75) is 13.0 Å². The van der Waals surface area contributed by atoms with E-state index in [1.54, 1.807) is 0 Å². The molecule has 0 aliphatic carbocycles. The Labute approximate surface area is 175 Å². The van der Waals surface area contributed by atoms with Gasteiger partial charge in [-0.3, -0.25) is 10.7 Å². The summed E-state index contributed by atoms with van der Waals surface area (Å²) in [6.07, 6.45) is 0. The number of aromatic amines is 1. The fourth-order valence-corrected chi connectivity index (χ4v) is 3.19. The van der Waals surface area contributed by atoms with Crippen molar-refractivity contribution in [2.24, 2.45) is 4.99 Å². The molecule has 0 saturated heterocycles. The van der Waals surface area contributed by atoms with Crippen LogP contribution in [0.4, 0.5) is 24.8 Å². The average Bonchev–Trinajstić information content (AvgIpc) is 3.09. The van der Waals surface area contributed by atoms with E-state index in [-0.39, 0.29) is 45.1 Å². The summed E-state index contributed by atoms with van der Waals surface area (Å²) in [7, 11) is 3.81. The minimum atomic E-state index is -1.17. The number of hydroxylamine groups is 1. The summed E-state index contributed by atoms with van der Waals surface area (Å²) in [5, 5.41) is 12.5. The van der Waals surface area contributed by atoms with Crippen LogP contribution in [0.1, 0.15) is 12.5 Å². The number of halogens is 4. The second-order valence-electron chi connectivity index (χ2n) is 7.01. The summed E-state index contributed by atoms with van der Waals surface area (Å²) >= 11 is 5.75. The molecule has 160 valence electrons. The quantitative estimate of drug-likeness (QED) is 0.264.